The van der Waals surface area contributed by atoms with E-state index in [9.17, 15) is 26.4 Å². The molecular formula is C23H21F3N2O4S2. The first kappa shape index (κ1) is 25.4. The summed E-state index contributed by atoms with van der Waals surface area (Å²) >= 11 is 1.47. The molecule has 0 aromatic heterocycles. The highest BCUT2D eigenvalue weighted by Crippen LogP contribution is 2.27. The number of carbonyl (C=O) groups excluding carboxylic acids is 1. The van der Waals surface area contributed by atoms with E-state index in [2.05, 4.69) is 10.1 Å². The van der Waals surface area contributed by atoms with Crippen molar-refractivity contribution in [2.45, 2.75) is 23.1 Å². The van der Waals surface area contributed by atoms with Gasteiger partial charge in [-0.25, -0.2) is 8.42 Å². The van der Waals surface area contributed by atoms with Crippen molar-refractivity contribution in [2.75, 3.05) is 22.4 Å². The Labute approximate surface area is 199 Å². The van der Waals surface area contributed by atoms with Crippen LogP contribution in [0.2, 0.25) is 0 Å². The van der Waals surface area contributed by atoms with Gasteiger partial charge in [0.05, 0.1) is 10.6 Å². The Balaban J connectivity index is 1.84. The minimum absolute atomic E-state index is 0.0207. The minimum atomic E-state index is -4.83. The van der Waals surface area contributed by atoms with Gasteiger partial charge in [0.2, 0.25) is 5.91 Å². The highest BCUT2D eigenvalue weighted by Gasteiger charge is 2.31. The lowest BCUT2D eigenvalue weighted by Crippen LogP contribution is -2.38. The molecule has 0 radical (unpaired) electrons. The fourth-order valence-corrected chi connectivity index (χ4v) is 4.80. The van der Waals surface area contributed by atoms with Crippen molar-refractivity contribution in [2.24, 2.45) is 0 Å². The van der Waals surface area contributed by atoms with Crippen molar-refractivity contribution < 1.29 is 31.1 Å². The number of thioether (sulfide) groups is 1. The number of carbonyl (C=O) groups is 1. The highest BCUT2D eigenvalue weighted by atomic mass is 32.2. The molecule has 0 unspecified atom stereocenters. The maximum atomic E-state index is 13.4. The zero-order chi connectivity index (χ0) is 24.9. The lowest BCUT2D eigenvalue weighted by molar-refractivity contribution is -0.274. The van der Waals surface area contributed by atoms with Gasteiger partial charge in [0.1, 0.15) is 12.3 Å². The van der Waals surface area contributed by atoms with Crippen LogP contribution in [0.3, 0.4) is 0 Å². The number of halogens is 3. The molecule has 0 saturated heterocycles. The number of rotatable bonds is 8. The second kappa shape index (κ2) is 10.4. The van der Waals surface area contributed by atoms with E-state index in [1.54, 1.807) is 36.4 Å². The molecule has 0 fully saturated rings. The van der Waals surface area contributed by atoms with Gasteiger partial charge in [-0.15, -0.1) is 24.9 Å². The first-order valence-electron chi connectivity index (χ1n) is 9.87. The molecule has 0 bridgehead atoms. The molecule has 6 nitrogen and oxygen atoms in total. The summed E-state index contributed by atoms with van der Waals surface area (Å²) in [7, 11) is -4.09. The number of aryl methyl sites for hydroxylation is 1. The van der Waals surface area contributed by atoms with Gasteiger partial charge >= 0.3 is 6.36 Å². The van der Waals surface area contributed by atoms with Crippen LogP contribution in [0.25, 0.3) is 0 Å². The summed E-state index contributed by atoms with van der Waals surface area (Å²) in [5.41, 5.74) is 1.39. The zero-order valence-electron chi connectivity index (χ0n) is 18.2. The van der Waals surface area contributed by atoms with Crippen LogP contribution in [0.1, 0.15) is 5.56 Å². The number of hydrogen-bond acceptors (Lipinski definition) is 5. The average molecular weight is 511 g/mol. The molecule has 0 aliphatic rings. The topological polar surface area (TPSA) is 75.7 Å². The number of nitrogens with one attached hydrogen (secondary N) is 1. The summed E-state index contributed by atoms with van der Waals surface area (Å²) in [6.07, 6.45) is -2.96. The van der Waals surface area contributed by atoms with Gasteiger partial charge in [-0.05, 0) is 73.8 Å². The first-order valence-corrected chi connectivity index (χ1v) is 12.5. The van der Waals surface area contributed by atoms with E-state index in [4.69, 9.17) is 0 Å². The van der Waals surface area contributed by atoms with Crippen LogP contribution in [0.15, 0.2) is 82.6 Å². The SMILES string of the molecule is CSc1ccc(S(=O)(=O)N(CC(=O)Nc2ccc(OC(F)(F)F)cc2)c2ccc(C)cc2)cc1. The maximum Gasteiger partial charge on any atom is 0.573 e. The predicted octanol–water partition coefficient (Wildman–Crippen LogP) is 5.45. The minimum Gasteiger partial charge on any atom is -0.406 e. The Morgan fingerprint density at radius 1 is 0.971 bits per heavy atom. The number of anilines is 2. The Morgan fingerprint density at radius 3 is 2.09 bits per heavy atom. The van der Waals surface area contributed by atoms with Gasteiger partial charge in [0.25, 0.3) is 10.0 Å². The molecule has 34 heavy (non-hydrogen) atoms. The molecule has 3 rings (SSSR count). The number of benzene rings is 3. The second-order valence-electron chi connectivity index (χ2n) is 7.14. The summed E-state index contributed by atoms with van der Waals surface area (Å²) < 4.78 is 68.5. The average Bonchev–Trinajstić information content (AvgIpc) is 2.78. The van der Waals surface area contributed by atoms with Crippen LogP contribution in [0.4, 0.5) is 24.5 Å². The second-order valence-corrected chi connectivity index (χ2v) is 9.89. The molecule has 0 atom stereocenters. The van der Waals surface area contributed by atoms with E-state index in [-0.39, 0.29) is 10.6 Å². The van der Waals surface area contributed by atoms with Crippen LogP contribution in [0.5, 0.6) is 5.75 Å². The summed E-state index contributed by atoms with van der Waals surface area (Å²) in [6.45, 7) is 1.30. The van der Waals surface area contributed by atoms with Gasteiger partial charge in [0, 0.05) is 10.6 Å². The molecule has 0 spiro atoms. The summed E-state index contributed by atoms with van der Waals surface area (Å²) in [5.74, 6) is -1.11. The van der Waals surface area contributed by atoms with E-state index in [1.165, 1.54) is 36.0 Å². The Kier molecular flexibility index (Phi) is 7.78. The van der Waals surface area contributed by atoms with Crippen molar-refractivity contribution in [1.82, 2.24) is 0 Å². The number of hydrogen-bond donors (Lipinski definition) is 1. The van der Waals surface area contributed by atoms with Crippen molar-refractivity contribution in [3.05, 3.63) is 78.4 Å². The quantitative estimate of drug-likeness (QED) is 0.408. The largest absolute Gasteiger partial charge is 0.573 e. The van der Waals surface area contributed by atoms with E-state index in [1.807, 2.05) is 13.2 Å². The van der Waals surface area contributed by atoms with Crippen molar-refractivity contribution in [3.63, 3.8) is 0 Å². The van der Waals surface area contributed by atoms with E-state index in [0.717, 1.165) is 26.9 Å². The molecule has 0 aliphatic heterocycles. The van der Waals surface area contributed by atoms with E-state index >= 15 is 0 Å². The molecule has 3 aromatic carbocycles. The Morgan fingerprint density at radius 2 is 1.56 bits per heavy atom. The Hall–Kier alpha value is -3.18. The van der Waals surface area contributed by atoms with Gasteiger partial charge in [-0.1, -0.05) is 17.7 Å². The van der Waals surface area contributed by atoms with Crippen LogP contribution < -0.4 is 14.4 Å². The summed E-state index contributed by atoms with van der Waals surface area (Å²) in [6, 6.07) is 17.5. The molecule has 0 saturated carbocycles. The van der Waals surface area contributed by atoms with Crippen LogP contribution in [-0.4, -0.2) is 33.5 Å². The van der Waals surface area contributed by atoms with Crippen molar-refractivity contribution in [1.29, 1.82) is 0 Å². The molecule has 180 valence electrons. The third kappa shape index (κ3) is 6.67. The third-order valence-electron chi connectivity index (χ3n) is 4.63. The molecule has 3 aromatic rings. The molecule has 0 aliphatic carbocycles. The number of nitrogens with zero attached hydrogens (tertiary/aromatic N) is 1. The number of alkyl halides is 3. The summed E-state index contributed by atoms with van der Waals surface area (Å²) in [4.78, 5) is 13.6. The van der Waals surface area contributed by atoms with Gasteiger partial charge in [-0.2, -0.15) is 0 Å². The smallest absolute Gasteiger partial charge is 0.406 e. The molecular weight excluding hydrogens is 489 g/mol. The fraction of sp³-hybridized carbons (Fsp3) is 0.174. The van der Waals surface area contributed by atoms with Crippen LogP contribution in [0, 0.1) is 6.92 Å². The maximum absolute atomic E-state index is 13.4. The van der Waals surface area contributed by atoms with Crippen LogP contribution in [-0.2, 0) is 14.8 Å². The number of amides is 1. The monoisotopic (exact) mass is 510 g/mol. The van der Waals surface area contributed by atoms with Gasteiger partial charge in [-0.3, -0.25) is 9.10 Å². The number of sulfonamides is 1. The lowest BCUT2D eigenvalue weighted by Gasteiger charge is -2.24. The standard InChI is InChI=1S/C23H21F3N2O4S2/c1-16-3-7-18(8-4-16)28(34(30,31)21-13-11-20(33-2)12-14-21)15-22(29)27-17-5-9-19(10-6-17)32-23(24,25)26/h3-14H,15H2,1-2H3,(H,27,29). The fourth-order valence-electron chi connectivity index (χ4n) is 2.97. The molecule has 0 heterocycles. The van der Waals surface area contributed by atoms with Gasteiger partial charge in [0.15, 0.2) is 0 Å². The first-order chi connectivity index (χ1) is 16.0. The number of ether oxygens (including phenoxy) is 1. The molecule has 1 N–H and O–H groups in total. The normalized spacial score (nSPS) is 11.7. The molecule has 1 amide bonds. The molecule has 11 heteroatoms. The van der Waals surface area contributed by atoms with Crippen molar-refractivity contribution in [3.8, 4) is 5.75 Å². The summed E-state index contributed by atoms with van der Waals surface area (Å²) in [5, 5.41) is 2.50. The highest BCUT2D eigenvalue weighted by molar-refractivity contribution is 7.98. The van der Waals surface area contributed by atoms with Crippen LogP contribution >= 0.6 is 11.8 Å². The predicted molar refractivity (Wildman–Crippen MR) is 126 cm³/mol. The lowest BCUT2D eigenvalue weighted by atomic mass is 10.2. The zero-order valence-corrected chi connectivity index (χ0v) is 19.8. The third-order valence-corrected chi connectivity index (χ3v) is 7.16. The Bertz CT molecular complexity index is 1230. The van der Waals surface area contributed by atoms with Gasteiger partial charge < -0.3 is 10.1 Å². The van der Waals surface area contributed by atoms with E-state index < -0.39 is 34.6 Å². The van der Waals surface area contributed by atoms with E-state index in [0.29, 0.717) is 5.69 Å². The van der Waals surface area contributed by atoms with Crippen molar-refractivity contribution >= 4 is 39.1 Å².